The average Bonchev–Trinajstić information content (AvgIpc) is 3.32. The number of halogens is 4. The smallest absolute Gasteiger partial charge is 0.412 e. The highest BCUT2D eigenvalue weighted by atomic mass is 79.9. The first kappa shape index (κ1) is 29.5. The van der Waals surface area contributed by atoms with Gasteiger partial charge >= 0.3 is 12.3 Å². The molecule has 0 spiro atoms. The highest BCUT2D eigenvalue weighted by molar-refractivity contribution is 9.10. The molecule has 0 aliphatic carbocycles. The number of carboxylic acid groups (broad SMARTS) is 1. The molecule has 0 saturated carbocycles. The van der Waals surface area contributed by atoms with E-state index in [4.69, 9.17) is 9.47 Å². The number of likely N-dealkylation sites (tertiary alicyclic amines) is 1. The van der Waals surface area contributed by atoms with Crippen LogP contribution in [0.25, 0.3) is 5.52 Å². The molecule has 2 aromatic heterocycles. The third-order valence-electron chi connectivity index (χ3n) is 7.77. The first-order valence-corrected chi connectivity index (χ1v) is 14.0. The standard InChI is InChI=1S/C29H29BrF3N5O4/c1-41-21-9-8-19(22(14-21)42-2)16-35-25-23-24(30)36-26(37(23)13-12-34-25)20-10-11-28(29(31,32)33,38(17-20)27(39)40)15-18-6-4-3-5-7-18/h3-9,12-14,20H,10-11,15-17H2,1-2H3,(H,34,35)(H,39,40)/t20-,28+/m1/s1. The number of anilines is 1. The summed E-state index contributed by atoms with van der Waals surface area (Å²) in [5.41, 5.74) is -0.695. The van der Waals surface area contributed by atoms with Crippen LogP contribution in [0.4, 0.5) is 23.8 Å². The van der Waals surface area contributed by atoms with Crippen LogP contribution in [0.15, 0.2) is 65.5 Å². The number of nitrogens with one attached hydrogen (secondary N) is 1. The summed E-state index contributed by atoms with van der Waals surface area (Å²) in [7, 11) is 3.13. The molecular formula is C29H29BrF3N5O4. The van der Waals surface area contributed by atoms with Gasteiger partial charge in [-0.1, -0.05) is 30.3 Å². The minimum Gasteiger partial charge on any atom is -0.497 e. The number of rotatable bonds is 8. The number of imidazole rings is 1. The van der Waals surface area contributed by atoms with Gasteiger partial charge < -0.3 is 19.9 Å². The van der Waals surface area contributed by atoms with Crippen molar-refractivity contribution in [2.24, 2.45) is 0 Å². The second kappa shape index (κ2) is 11.7. The lowest BCUT2D eigenvalue weighted by atomic mass is 9.77. The van der Waals surface area contributed by atoms with E-state index in [2.05, 4.69) is 31.2 Å². The van der Waals surface area contributed by atoms with Crippen LogP contribution >= 0.6 is 15.9 Å². The van der Waals surface area contributed by atoms with E-state index < -0.39 is 36.6 Å². The van der Waals surface area contributed by atoms with Gasteiger partial charge in [0.15, 0.2) is 5.82 Å². The predicted octanol–water partition coefficient (Wildman–Crippen LogP) is 6.52. The maximum absolute atomic E-state index is 14.7. The summed E-state index contributed by atoms with van der Waals surface area (Å²) in [4.78, 5) is 22.0. The van der Waals surface area contributed by atoms with E-state index in [0.29, 0.717) is 50.3 Å². The molecule has 5 rings (SSSR count). The summed E-state index contributed by atoms with van der Waals surface area (Å²) in [6.07, 6.45) is -3.93. The number of aromatic nitrogens is 3. The quantitative estimate of drug-likeness (QED) is 0.224. The number of ether oxygens (including phenoxy) is 2. The van der Waals surface area contributed by atoms with Crippen molar-refractivity contribution in [1.29, 1.82) is 0 Å². The molecule has 13 heteroatoms. The van der Waals surface area contributed by atoms with Crippen LogP contribution in [0.2, 0.25) is 0 Å². The Balaban J connectivity index is 1.45. The van der Waals surface area contributed by atoms with Crippen molar-refractivity contribution < 1.29 is 32.5 Å². The molecule has 9 nitrogen and oxygen atoms in total. The first-order valence-electron chi connectivity index (χ1n) is 13.2. The van der Waals surface area contributed by atoms with Gasteiger partial charge in [-0.15, -0.1) is 0 Å². The van der Waals surface area contributed by atoms with Gasteiger partial charge in [-0.2, -0.15) is 13.2 Å². The lowest BCUT2D eigenvalue weighted by Crippen LogP contribution is -2.65. The van der Waals surface area contributed by atoms with E-state index in [9.17, 15) is 23.1 Å². The molecule has 0 radical (unpaired) electrons. The van der Waals surface area contributed by atoms with Gasteiger partial charge in [-0.05, 0) is 46.5 Å². The molecule has 2 aromatic carbocycles. The molecule has 2 N–H and O–H groups in total. The van der Waals surface area contributed by atoms with Crippen LogP contribution < -0.4 is 14.8 Å². The number of amides is 1. The molecule has 2 atom stereocenters. The van der Waals surface area contributed by atoms with Gasteiger partial charge in [-0.3, -0.25) is 9.30 Å². The molecule has 3 heterocycles. The lowest BCUT2D eigenvalue weighted by Gasteiger charge is -2.48. The summed E-state index contributed by atoms with van der Waals surface area (Å²) >= 11 is 3.49. The second-order valence-corrected chi connectivity index (χ2v) is 10.9. The maximum atomic E-state index is 14.7. The maximum Gasteiger partial charge on any atom is 0.412 e. The summed E-state index contributed by atoms with van der Waals surface area (Å²) in [6.45, 7) is -0.00202. The SMILES string of the molecule is COc1ccc(CNc2nccn3c([C@@H]4CC[C@](Cc5ccccc5)(C(F)(F)F)N(C(=O)O)C4)nc(Br)c23)c(OC)c1. The molecule has 1 fully saturated rings. The number of carbonyl (C=O) groups is 1. The van der Waals surface area contributed by atoms with E-state index >= 15 is 0 Å². The van der Waals surface area contributed by atoms with Crippen molar-refractivity contribution >= 4 is 33.4 Å². The third-order valence-corrected chi connectivity index (χ3v) is 8.32. The molecular weight excluding hydrogens is 619 g/mol. The number of methoxy groups -OCH3 is 2. The highest BCUT2D eigenvalue weighted by Gasteiger charge is 2.62. The number of hydrogen-bond acceptors (Lipinski definition) is 6. The fourth-order valence-corrected chi connectivity index (χ4v) is 6.19. The van der Waals surface area contributed by atoms with Gasteiger partial charge in [0.1, 0.15) is 33.0 Å². The van der Waals surface area contributed by atoms with Crippen LogP contribution in [0, 0.1) is 0 Å². The Hall–Kier alpha value is -4.00. The largest absolute Gasteiger partial charge is 0.497 e. The molecule has 1 aliphatic rings. The Labute approximate surface area is 248 Å². The molecule has 0 unspecified atom stereocenters. The molecule has 1 aliphatic heterocycles. The number of alkyl halides is 3. The summed E-state index contributed by atoms with van der Waals surface area (Å²) in [5.74, 6) is 1.64. The zero-order chi connectivity index (χ0) is 30.1. The Morgan fingerprint density at radius 2 is 1.95 bits per heavy atom. The fourth-order valence-electron chi connectivity index (χ4n) is 5.63. The number of benzene rings is 2. The van der Waals surface area contributed by atoms with Gasteiger partial charge in [0.05, 0.1) is 14.2 Å². The average molecular weight is 648 g/mol. The van der Waals surface area contributed by atoms with Crippen molar-refractivity contribution in [2.75, 3.05) is 26.1 Å². The van der Waals surface area contributed by atoms with Crippen molar-refractivity contribution in [3.8, 4) is 11.5 Å². The highest BCUT2D eigenvalue weighted by Crippen LogP contribution is 2.48. The van der Waals surface area contributed by atoms with Crippen molar-refractivity contribution in [1.82, 2.24) is 19.3 Å². The predicted molar refractivity (Wildman–Crippen MR) is 153 cm³/mol. The molecule has 222 valence electrons. The number of piperidine rings is 1. The van der Waals surface area contributed by atoms with E-state index in [1.165, 1.54) is 0 Å². The molecule has 1 saturated heterocycles. The topological polar surface area (TPSA) is 101 Å². The Bertz CT molecular complexity index is 1580. The van der Waals surface area contributed by atoms with Crippen LogP contribution in [0.3, 0.4) is 0 Å². The zero-order valence-corrected chi connectivity index (χ0v) is 24.4. The third kappa shape index (κ3) is 5.44. The van der Waals surface area contributed by atoms with E-state index in [-0.39, 0.29) is 13.0 Å². The fraction of sp³-hybridized carbons (Fsp3) is 0.345. The second-order valence-electron chi connectivity index (χ2n) is 10.1. The van der Waals surface area contributed by atoms with E-state index in [1.807, 2.05) is 12.1 Å². The van der Waals surface area contributed by atoms with Crippen LogP contribution in [0.1, 0.15) is 35.7 Å². The normalized spacial score (nSPS) is 19.1. The van der Waals surface area contributed by atoms with Gasteiger partial charge in [-0.25, -0.2) is 14.8 Å². The monoisotopic (exact) mass is 647 g/mol. The number of fused-ring (bicyclic) bond motifs is 1. The van der Waals surface area contributed by atoms with E-state index in [0.717, 1.165) is 5.56 Å². The molecule has 4 aromatic rings. The summed E-state index contributed by atoms with van der Waals surface area (Å²) < 4.78 is 57.0. The summed E-state index contributed by atoms with van der Waals surface area (Å²) in [5, 5.41) is 13.3. The van der Waals surface area contributed by atoms with Crippen LogP contribution in [0.5, 0.6) is 11.5 Å². The first-order chi connectivity index (χ1) is 20.1. The molecule has 1 amide bonds. The Kier molecular flexibility index (Phi) is 8.22. The number of hydrogen-bond donors (Lipinski definition) is 2. The van der Waals surface area contributed by atoms with Gasteiger partial charge in [0.25, 0.3) is 0 Å². The molecule has 42 heavy (non-hydrogen) atoms. The van der Waals surface area contributed by atoms with Crippen LogP contribution in [-0.2, 0) is 13.0 Å². The van der Waals surface area contributed by atoms with Crippen molar-refractivity contribution in [3.63, 3.8) is 0 Å². The van der Waals surface area contributed by atoms with Crippen molar-refractivity contribution in [3.05, 3.63) is 82.5 Å². The van der Waals surface area contributed by atoms with Gasteiger partial charge in [0, 0.05) is 49.5 Å². The molecule has 0 bridgehead atoms. The van der Waals surface area contributed by atoms with Crippen LogP contribution in [-0.4, -0.2) is 62.9 Å². The van der Waals surface area contributed by atoms with Gasteiger partial charge in [0.2, 0.25) is 0 Å². The lowest BCUT2D eigenvalue weighted by molar-refractivity contribution is -0.235. The van der Waals surface area contributed by atoms with E-state index in [1.54, 1.807) is 67.4 Å². The Morgan fingerprint density at radius 3 is 2.62 bits per heavy atom. The minimum atomic E-state index is -4.77. The number of nitrogens with zero attached hydrogens (tertiary/aromatic N) is 4. The van der Waals surface area contributed by atoms with Crippen molar-refractivity contribution in [2.45, 2.75) is 43.4 Å². The Morgan fingerprint density at radius 1 is 1.19 bits per heavy atom. The minimum absolute atomic E-state index is 0.0931. The summed E-state index contributed by atoms with van der Waals surface area (Å²) in [6, 6.07) is 13.6. The zero-order valence-electron chi connectivity index (χ0n) is 22.9.